The van der Waals surface area contributed by atoms with Crippen molar-refractivity contribution in [2.75, 3.05) is 18.6 Å². The van der Waals surface area contributed by atoms with Crippen molar-refractivity contribution in [1.82, 2.24) is 4.90 Å². The van der Waals surface area contributed by atoms with Crippen LogP contribution in [0.25, 0.3) is 6.08 Å². The molecule has 5 aromatic rings. The minimum Gasteiger partial charge on any atom is -0.497 e. The molecule has 0 N–H and O–H groups in total. The second-order valence-corrected chi connectivity index (χ2v) is 10.3. The van der Waals surface area contributed by atoms with Gasteiger partial charge in [0.25, 0.3) is 5.91 Å². The number of carbonyl (C=O) groups excluding carboxylic acids is 2. The molecule has 6 rings (SSSR count). The van der Waals surface area contributed by atoms with Crippen molar-refractivity contribution in [3.63, 3.8) is 0 Å². The number of nitrogens with zero attached hydrogens (tertiary/aromatic N) is 3. The standard InChI is InChI=1S/C38H31N3O4/c1-44-34-22-18-28(19-23-34)24-25-40-37(43)36(45-38(40)39-35-15-9-8-10-30(35)27-42)26-29-16-20-33(21-17-29)41(31-11-4-2-5-12-31)32-13-6-3-7-14-32/h2-23,26-27H,24-25H2,1H3/b36-26+,39-38+. The Morgan fingerprint density at radius 3 is 1.98 bits per heavy atom. The summed E-state index contributed by atoms with van der Waals surface area (Å²) in [5, 5.41) is 0. The number of para-hydroxylation sites is 3. The van der Waals surface area contributed by atoms with Crippen LogP contribution in [0, 0.1) is 0 Å². The third-order valence-electron chi connectivity index (χ3n) is 7.43. The lowest BCUT2D eigenvalue weighted by atomic mass is 10.1. The number of benzene rings is 5. The van der Waals surface area contributed by atoms with Crippen molar-refractivity contribution < 1.29 is 19.1 Å². The molecule has 1 heterocycles. The van der Waals surface area contributed by atoms with Gasteiger partial charge < -0.3 is 14.4 Å². The monoisotopic (exact) mass is 593 g/mol. The lowest BCUT2D eigenvalue weighted by molar-refractivity contribution is -0.122. The van der Waals surface area contributed by atoms with Crippen LogP contribution in [0.4, 0.5) is 22.7 Å². The highest BCUT2D eigenvalue weighted by atomic mass is 16.5. The van der Waals surface area contributed by atoms with E-state index in [1.54, 1.807) is 37.5 Å². The second kappa shape index (κ2) is 13.6. The summed E-state index contributed by atoms with van der Waals surface area (Å²) in [5.41, 5.74) is 5.71. The summed E-state index contributed by atoms with van der Waals surface area (Å²) in [6.45, 7) is 0.340. The van der Waals surface area contributed by atoms with Gasteiger partial charge in [0.1, 0.15) is 5.75 Å². The molecule has 0 spiro atoms. The van der Waals surface area contributed by atoms with Gasteiger partial charge in [-0.2, -0.15) is 4.99 Å². The molecule has 0 aromatic heterocycles. The molecule has 0 aliphatic carbocycles. The van der Waals surface area contributed by atoms with Gasteiger partial charge in [-0.3, -0.25) is 14.5 Å². The fourth-order valence-corrected chi connectivity index (χ4v) is 5.09. The van der Waals surface area contributed by atoms with Gasteiger partial charge in [-0.25, -0.2) is 0 Å². The molecule has 1 aliphatic heterocycles. The predicted molar refractivity (Wildman–Crippen MR) is 178 cm³/mol. The number of aliphatic imine (C=N–C) groups is 1. The van der Waals surface area contributed by atoms with E-state index >= 15 is 0 Å². The number of rotatable bonds is 10. The van der Waals surface area contributed by atoms with Gasteiger partial charge >= 0.3 is 6.02 Å². The SMILES string of the molecule is COc1ccc(CCN2C(=O)/C(=C\c3ccc(N(c4ccccc4)c4ccccc4)cc3)O/C2=N/c2ccccc2C=O)cc1. The van der Waals surface area contributed by atoms with Crippen LogP contribution in [-0.4, -0.2) is 36.8 Å². The molecule has 5 aromatic carbocycles. The average Bonchev–Trinajstić information content (AvgIpc) is 3.38. The Balaban J connectivity index is 1.29. The maximum absolute atomic E-state index is 13.7. The van der Waals surface area contributed by atoms with E-state index in [-0.39, 0.29) is 17.7 Å². The lowest BCUT2D eigenvalue weighted by Crippen LogP contribution is -2.31. The maximum atomic E-state index is 13.7. The first-order valence-corrected chi connectivity index (χ1v) is 14.6. The van der Waals surface area contributed by atoms with Gasteiger partial charge in [-0.1, -0.05) is 72.8 Å². The summed E-state index contributed by atoms with van der Waals surface area (Å²) in [4.78, 5) is 33.6. The zero-order valence-electron chi connectivity index (χ0n) is 24.7. The zero-order chi connectivity index (χ0) is 31.0. The second-order valence-electron chi connectivity index (χ2n) is 10.3. The summed E-state index contributed by atoms with van der Waals surface area (Å²) in [5.74, 6) is 0.617. The molecule has 7 heteroatoms. The smallest absolute Gasteiger partial charge is 0.305 e. The Morgan fingerprint density at radius 2 is 1.36 bits per heavy atom. The van der Waals surface area contributed by atoms with E-state index in [0.717, 1.165) is 40.2 Å². The number of anilines is 3. The maximum Gasteiger partial charge on any atom is 0.305 e. The average molecular weight is 594 g/mol. The third kappa shape index (κ3) is 6.68. The molecule has 0 bridgehead atoms. The minimum absolute atomic E-state index is 0.130. The van der Waals surface area contributed by atoms with Crippen molar-refractivity contribution in [2.45, 2.75) is 6.42 Å². The normalized spacial score (nSPS) is 14.4. The Kier molecular flexibility index (Phi) is 8.78. The van der Waals surface area contributed by atoms with Crippen LogP contribution < -0.4 is 9.64 Å². The van der Waals surface area contributed by atoms with E-state index in [4.69, 9.17) is 9.47 Å². The highest BCUT2D eigenvalue weighted by Crippen LogP contribution is 2.34. The summed E-state index contributed by atoms with van der Waals surface area (Å²) in [6, 6.07) is 43.0. The van der Waals surface area contributed by atoms with E-state index in [0.29, 0.717) is 24.2 Å². The topological polar surface area (TPSA) is 71.4 Å². The molecule has 0 atom stereocenters. The van der Waals surface area contributed by atoms with Gasteiger partial charge in [0.05, 0.1) is 12.8 Å². The van der Waals surface area contributed by atoms with E-state index in [2.05, 4.69) is 34.2 Å². The molecule has 0 radical (unpaired) electrons. The van der Waals surface area contributed by atoms with E-state index in [9.17, 15) is 9.59 Å². The zero-order valence-corrected chi connectivity index (χ0v) is 24.7. The Hall–Kier alpha value is -5.95. The van der Waals surface area contributed by atoms with Crippen molar-refractivity contribution >= 4 is 47.0 Å². The highest BCUT2D eigenvalue weighted by Gasteiger charge is 2.35. The van der Waals surface area contributed by atoms with Crippen LogP contribution in [0.2, 0.25) is 0 Å². The van der Waals surface area contributed by atoms with Crippen LogP contribution in [0.3, 0.4) is 0 Å². The molecule has 1 saturated heterocycles. The van der Waals surface area contributed by atoms with Crippen molar-refractivity contribution in [2.24, 2.45) is 4.99 Å². The number of ether oxygens (including phenoxy) is 2. The largest absolute Gasteiger partial charge is 0.497 e. The Bertz CT molecular complexity index is 1800. The van der Waals surface area contributed by atoms with E-state index < -0.39 is 0 Å². The fourth-order valence-electron chi connectivity index (χ4n) is 5.09. The van der Waals surface area contributed by atoms with Gasteiger partial charge in [0, 0.05) is 29.2 Å². The molecule has 222 valence electrons. The molecule has 1 fully saturated rings. The van der Waals surface area contributed by atoms with Crippen LogP contribution >= 0.6 is 0 Å². The number of carbonyl (C=O) groups is 2. The molecule has 45 heavy (non-hydrogen) atoms. The molecule has 1 aliphatic rings. The van der Waals surface area contributed by atoms with Gasteiger partial charge in [-0.05, 0) is 84.3 Å². The highest BCUT2D eigenvalue weighted by molar-refractivity contribution is 6.12. The quantitative estimate of drug-likeness (QED) is 0.121. The van der Waals surface area contributed by atoms with Crippen molar-refractivity contribution in [3.05, 3.63) is 156 Å². The van der Waals surface area contributed by atoms with Gasteiger partial charge in [0.15, 0.2) is 12.0 Å². The lowest BCUT2D eigenvalue weighted by Gasteiger charge is -2.25. The number of methoxy groups -OCH3 is 1. The number of amidine groups is 1. The summed E-state index contributed by atoms with van der Waals surface area (Å²) < 4.78 is 11.3. The number of aldehydes is 1. The molecule has 7 nitrogen and oxygen atoms in total. The van der Waals surface area contributed by atoms with Crippen LogP contribution in [0.5, 0.6) is 5.75 Å². The predicted octanol–water partition coefficient (Wildman–Crippen LogP) is 8.11. The first kappa shape index (κ1) is 29.1. The summed E-state index contributed by atoms with van der Waals surface area (Å²) in [7, 11) is 1.62. The third-order valence-corrected chi connectivity index (χ3v) is 7.43. The van der Waals surface area contributed by atoms with Gasteiger partial charge in [-0.15, -0.1) is 0 Å². The van der Waals surface area contributed by atoms with E-state index in [1.807, 2.05) is 84.9 Å². The number of hydrogen-bond acceptors (Lipinski definition) is 6. The van der Waals surface area contributed by atoms with E-state index in [1.165, 1.54) is 4.90 Å². The van der Waals surface area contributed by atoms with Crippen LogP contribution in [-0.2, 0) is 16.0 Å². The Labute approximate surface area is 262 Å². The Morgan fingerprint density at radius 1 is 0.756 bits per heavy atom. The fraction of sp³-hybridized carbons (Fsp3) is 0.0789. The van der Waals surface area contributed by atoms with Crippen LogP contribution in [0.1, 0.15) is 21.5 Å². The van der Waals surface area contributed by atoms with Crippen molar-refractivity contribution in [3.8, 4) is 5.75 Å². The molecule has 0 saturated carbocycles. The first-order chi connectivity index (χ1) is 22.1. The van der Waals surface area contributed by atoms with Crippen molar-refractivity contribution in [1.29, 1.82) is 0 Å². The van der Waals surface area contributed by atoms with Gasteiger partial charge in [0.2, 0.25) is 0 Å². The molecular formula is C38H31N3O4. The molecule has 1 amide bonds. The number of hydrogen-bond donors (Lipinski definition) is 0. The number of amides is 1. The molecular weight excluding hydrogens is 562 g/mol. The summed E-state index contributed by atoms with van der Waals surface area (Å²) in [6.07, 6.45) is 3.03. The first-order valence-electron chi connectivity index (χ1n) is 14.6. The summed E-state index contributed by atoms with van der Waals surface area (Å²) >= 11 is 0. The molecule has 0 unspecified atom stereocenters. The minimum atomic E-state index is -0.301. The van der Waals surface area contributed by atoms with Crippen LogP contribution in [0.15, 0.2) is 144 Å².